The van der Waals surface area contributed by atoms with Crippen molar-refractivity contribution in [1.82, 2.24) is 0 Å². The van der Waals surface area contributed by atoms with Crippen LogP contribution >= 0.6 is 7.82 Å². The number of phosphoric ester groups is 1. The monoisotopic (exact) mass is 1150 g/mol. The van der Waals surface area contributed by atoms with E-state index in [0.717, 1.165) is 109 Å². The molecule has 0 aromatic carbocycles. The van der Waals surface area contributed by atoms with Gasteiger partial charge in [-0.25, -0.2) is 4.57 Å². The molecule has 12 heteroatoms. The maximum absolute atomic E-state index is 13.0. The molecule has 3 unspecified atom stereocenters. The first-order valence-corrected chi connectivity index (χ1v) is 34.7. The van der Waals surface area contributed by atoms with Crippen LogP contribution in [0, 0.1) is 0 Å². The Labute approximate surface area is 491 Å². The van der Waals surface area contributed by atoms with Gasteiger partial charge in [0.25, 0.3) is 0 Å². The number of allylic oxidation sites excluding steroid dienone is 10. The molecule has 0 amide bonds. The van der Waals surface area contributed by atoms with Gasteiger partial charge >= 0.3 is 25.7 Å². The molecule has 2 N–H and O–H groups in total. The molecule has 0 aromatic heterocycles. The van der Waals surface area contributed by atoms with Crippen LogP contribution in [0.2, 0.25) is 0 Å². The topological polar surface area (TPSA) is 155 Å². The van der Waals surface area contributed by atoms with E-state index in [2.05, 4.69) is 81.5 Å². The first-order chi connectivity index (χ1) is 39.2. The van der Waals surface area contributed by atoms with Crippen molar-refractivity contribution in [2.75, 3.05) is 26.4 Å². The van der Waals surface area contributed by atoms with E-state index in [1.807, 2.05) is 0 Å². The zero-order valence-corrected chi connectivity index (χ0v) is 52.7. The second-order valence-electron chi connectivity index (χ2n) is 22.3. The van der Waals surface area contributed by atoms with Crippen molar-refractivity contribution in [3.05, 3.63) is 60.8 Å². The van der Waals surface area contributed by atoms with Crippen molar-refractivity contribution in [1.29, 1.82) is 0 Å². The van der Waals surface area contributed by atoms with Crippen LogP contribution in [-0.2, 0) is 42.2 Å². The number of carbonyl (C=O) groups is 3. The van der Waals surface area contributed by atoms with Crippen LogP contribution in [0.25, 0.3) is 0 Å². The average Bonchev–Trinajstić information content (AvgIpc) is 3.45. The van der Waals surface area contributed by atoms with E-state index in [9.17, 15) is 28.9 Å². The Morgan fingerprint density at radius 3 is 1.02 bits per heavy atom. The number of aliphatic hydroxyl groups is 1. The summed E-state index contributed by atoms with van der Waals surface area (Å²) < 4.78 is 39.7. The molecule has 0 aliphatic heterocycles. The Morgan fingerprint density at radius 2 is 0.650 bits per heavy atom. The van der Waals surface area contributed by atoms with Gasteiger partial charge in [0.05, 0.1) is 19.8 Å². The maximum atomic E-state index is 13.0. The summed E-state index contributed by atoms with van der Waals surface area (Å²) in [4.78, 5) is 48.8. The number of hydrogen-bond acceptors (Lipinski definition) is 10. The summed E-state index contributed by atoms with van der Waals surface area (Å²) in [5, 5.41) is 9.86. The van der Waals surface area contributed by atoms with E-state index in [0.29, 0.717) is 19.3 Å². The predicted molar refractivity (Wildman–Crippen MR) is 335 cm³/mol. The lowest BCUT2D eigenvalue weighted by Crippen LogP contribution is -2.30. The van der Waals surface area contributed by atoms with Crippen molar-refractivity contribution < 1.29 is 52.2 Å². The van der Waals surface area contributed by atoms with Crippen LogP contribution in [-0.4, -0.2) is 66.5 Å². The van der Waals surface area contributed by atoms with E-state index in [1.165, 1.54) is 148 Å². The molecule has 0 aliphatic rings. The van der Waals surface area contributed by atoms with Crippen molar-refractivity contribution in [2.45, 2.75) is 328 Å². The molecule has 0 aromatic rings. The first kappa shape index (κ1) is 77.2. The van der Waals surface area contributed by atoms with Gasteiger partial charge in [-0.15, -0.1) is 0 Å². The summed E-state index contributed by atoms with van der Waals surface area (Å²) in [6.07, 6.45) is 70.2. The number of unbranched alkanes of at least 4 members (excludes halogenated alkanes) is 35. The Balaban J connectivity index is 4.67. The lowest BCUT2D eigenvalue weighted by Gasteiger charge is -2.21. The minimum absolute atomic E-state index is 0.156. The fraction of sp³-hybridized carbons (Fsp3) is 0.809. The molecule has 466 valence electrons. The standard InChI is InChI=1S/C68H123O11P/c1-4-7-10-13-16-19-22-25-28-31-32-35-36-39-42-45-48-51-54-57-66(70)75-61-65(79-68(72)59-56-53-50-47-44-41-38-34-30-27-24-21-18-15-12-9-6-3)63-77-80(73,74)76-62-64(60-69)78-67(71)58-55-52-49-46-43-40-37-33-29-26-23-20-17-14-11-8-5-2/h9,12,16,18-19,21,25,27-28,30,64-65,69H,4-8,10-11,13-15,17,20,22-24,26,29,31-63H2,1-3H3,(H,73,74)/b12-9-,19-16-,21-18-,28-25-,30-27-. The smallest absolute Gasteiger partial charge is 0.462 e. The van der Waals surface area contributed by atoms with E-state index in [4.69, 9.17) is 23.3 Å². The second kappa shape index (κ2) is 62.2. The molecule has 11 nitrogen and oxygen atoms in total. The van der Waals surface area contributed by atoms with Crippen LogP contribution in [0.4, 0.5) is 0 Å². The Morgan fingerprint density at radius 1 is 0.362 bits per heavy atom. The van der Waals surface area contributed by atoms with Gasteiger partial charge in [-0.1, -0.05) is 274 Å². The van der Waals surface area contributed by atoms with Crippen LogP contribution < -0.4 is 0 Å². The molecule has 0 fully saturated rings. The van der Waals surface area contributed by atoms with Crippen LogP contribution in [0.15, 0.2) is 60.8 Å². The molecule has 0 spiro atoms. The summed E-state index contributed by atoms with van der Waals surface area (Å²) in [6, 6.07) is 0. The highest BCUT2D eigenvalue weighted by atomic mass is 31.2. The molecule has 3 atom stereocenters. The summed E-state index contributed by atoms with van der Waals surface area (Å²) in [5.74, 6) is -1.46. The molecule has 0 rings (SSSR count). The Bertz CT molecular complexity index is 1570. The fourth-order valence-corrected chi connectivity index (χ4v) is 10.2. The number of aliphatic hydroxyl groups excluding tert-OH is 1. The van der Waals surface area contributed by atoms with Gasteiger partial charge in [0.2, 0.25) is 0 Å². The maximum Gasteiger partial charge on any atom is 0.472 e. The Kier molecular flexibility index (Phi) is 60.0. The van der Waals surface area contributed by atoms with E-state index in [-0.39, 0.29) is 25.9 Å². The van der Waals surface area contributed by atoms with Crippen LogP contribution in [0.5, 0.6) is 0 Å². The zero-order valence-electron chi connectivity index (χ0n) is 51.8. The Hall–Kier alpha value is -2.82. The van der Waals surface area contributed by atoms with Gasteiger partial charge in [0.15, 0.2) is 6.10 Å². The SMILES string of the molecule is CC/C=C\C/C=C\C/C=C\CCCCCCCCCC(=O)OC(COC(=O)CCCCCCCCCCC/C=C\C/C=C\CCCCC)COP(=O)(O)OCC(CO)OC(=O)CCCCCCCCCCCCCCCCCCC. The minimum Gasteiger partial charge on any atom is -0.462 e. The van der Waals surface area contributed by atoms with Gasteiger partial charge < -0.3 is 24.2 Å². The summed E-state index contributed by atoms with van der Waals surface area (Å²) >= 11 is 0. The quantitative estimate of drug-likeness (QED) is 0.0197. The molecule has 0 heterocycles. The third-order valence-corrected chi connectivity index (χ3v) is 15.4. The van der Waals surface area contributed by atoms with E-state index >= 15 is 0 Å². The number of hydrogen-bond donors (Lipinski definition) is 2. The number of ether oxygens (including phenoxy) is 3. The summed E-state index contributed by atoms with van der Waals surface area (Å²) in [7, 11) is -4.76. The van der Waals surface area contributed by atoms with Crippen molar-refractivity contribution >= 4 is 25.7 Å². The zero-order chi connectivity index (χ0) is 58.3. The van der Waals surface area contributed by atoms with Crippen molar-refractivity contribution in [3.8, 4) is 0 Å². The van der Waals surface area contributed by atoms with Gasteiger partial charge in [-0.2, -0.15) is 0 Å². The molecular weight excluding hydrogens is 1020 g/mol. The summed E-state index contributed by atoms with van der Waals surface area (Å²) in [5.41, 5.74) is 0. The normalized spacial score (nSPS) is 13.6. The van der Waals surface area contributed by atoms with Crippen LogP contribution in [0.1, 0.15) is 316 Å². The van der Waals surface area contributed by atoms with Crippen LogP contribution in [0.3, 0.4) is 0 Å². The molecular formula is C68H123O11P. The highest BCUT2D eigenvalue weighted by Crippen LogP contribution is 2.43. The van der Waals surface area contributed by atoms with Gasteiger partial charge in [0, 0.05) is 19.3 Å². The van der Waals surface area contributed by atoms with Crippen molar-refractivity contribution in [2.24, 2.45) is 0 Å². The second-order valence-corrected chi connectivity index (χ2v) is 23.7. The molecule has 0 radical (unpaired) electrons. The third-order valence-electron chi connectivity index (χ3n) is 14.4. The third kappa shape index (κ3) is 59.8. The highest BCUT2D eigenvalue weighted by molar-refractivity contribution is 7.47. The highest BCUT2D eigenvalue weighted by Gasteiger charge is 2.28. The molecule has 80 heavy (non-hydrogen) atoms. The van der Waals surface area contributed by atoms with E-state index < -0.39 is 57.8 Å². The lowest BCUT2D eigenvalue weighted by molar-refractivity contribution is -0.161. The number of phosphoric acid groups is 1. The van der Waals surface area contributed by atoms with E-state index in [1.54, 1.807) is 0 Å². The minimum atomic E-state index is -4.76. The molecule has 0 saturated carbocycles. The number of carbonyl (C=O) groups excluding carboxylic acids is 3. The largest absolute Gasteiger partial charge is 0.472 e. The van der Waals surface area contributed by atoms with Crippen molar-refractivity contribution in [3.63, 3.8) is 0 Å². The molecule has 0 aliphatic carbocycles. The summed E-state index contributed by atoms with van der Waals surface area (Å²) in [6.45, 7) is 4.56. The first-order valence-electron chi connectivity index (χ1n) is 33.2. The van der Waals surface area contributed by atoms with Gasteiger partial charge in [-0.3, -0.25) is 23.4 Å². The predicted octanol–water partition coefficient (Wildman–Crippen LogP) is 20.3. The fourth-order valence-electron chi connectivity index (χ4n) is 9.40. The lowest BCUT2D eigenvalue weighted by atomic mass is 10.0. The van der Waals surface area contributed by atoms with Gasteiger partial charge in [0.1, 0.15) is 12.7 Å². The number of rotatable bonds is 62. The average molecular weight is 1150 g/mol. The molecule has 0 saturated heterocycles. The molecule has 0 bridgehead atoms. The number of esters is 3. The van der Waals surface area contributed by atoms with Gasteiger partial charge in [-0.05, 0) is 83.5 Å².